The smallest absolute Gasteiger partial charge is 0.295 e. The zero-order valence-electron chi connectivity index (χ0n) is 9.60. The minimum Gasteiger partial charge on any atom is -0.341 e. The van der Waals surface area contributed by atoms with Crippen LogP contribution < -0.4 is 5.32 Å². The number of amidine groups is 1. The molecule has 1 N–H and O–H groups in total. The molecule has 1 aliphatic rings. The zero-order chi connectivity index (χ0) is 12.8. The van der Waals surface area contributed by atoms with Crippen LogP contribution in [0.15, 0.2) is 8.61 Å². The molecule has 5 nitrogen and oxygen atoms in total. The third-order valence-corrected chi connectivity index (χ3v) is 5.45. The van der Waals surface area contributed by atoms with Gasteiger partial charge in [0, 0.05) is 11.5 Å². The first-order valence-electron chi connectivity index (χ1n) is 5.02. The fourth-order valence-corrected chi connectivity index (χ4v) is 4.13. The first-order valence-corrected chi connectivity index (χ1v) is 7.28. The highest BCUT2D eigenvalue weighted by Crippen LogP contribution is 2.39. The highest BCUT2D eigenvalue weighted by molar-refractivity contribution is 7.92. The third kappa shape index (κ3) is 1.83. The Bertz CT molecular complexity index is 648. The molecule has 1 aromatic heterocycles. The molecule has 2 rings (SSSR count). The Morgan fingerprint density at radius 3 is 2.65 bits per heavy atom. The predicted molar refractivity (Wildman–Crippen MR) is 66.9 cm³/mol. The second kappa shape index (κ2) is 3.82. The van der Waals surface area contributed by atoms with E-state index in [4.69, 9.17) is 5.26 Å². The van der Waals surface area contributed by atoms with Crippen molar-refractivity contribution in [3.8, 4) is 6.07 Å². The van der Waals surface area contributed by atoms with Crippen molar-refractivity contribution in [3.63, 3.8) is 0 Å². The van der Waals surface area contributed by atoms with Gasteiger partial charge in [0.2, 0.25) is 0 Å². The van der Waals surface area contributed by atoms with Crippen LogP contribution in [0.2, 0.25) is 0 Å². The molecule has 0 saturated carbocycles. The van der Waals surface area contributed by atoms with E-state index in [2.05, 4.69) is 9.71 Å². The number of thiophene rings is 1. The van der Waals surface area contributed by atoms with Gasteiger partial charge >= 0.3 is 0 Å². The number of sulfonamides is 1. The Balaban J connectivity index is 2.68. The quantitative estimate of drug-likeness (QED) is 0.846. The first-order chi connectivity index (χ1) is 7.86. The summed E-state index contributed by atoms with van der Waals surface area (Å²) in [5.41, 5.74) is 1.18. The van der Waals surface area contributed by atoms with Crippen molar-refractivity contribution in [1.82, 2.24) is 0 Å². The molecule has 0 spiro atoms. The van der Waals surface area contributed by atoms with Crippen LogP contribution in [-0.4, -0.2) is 14.3 Å². The maximum atomic E-state index is 11.9. The standard InChI is InChI=1S/C10H11N3O2S2/c1-5(2)9-12-8-6(3)7(4-11)16-10(8)17(14,15)13-9/h5H,1-3H3,(H,12,13). The molecule has 2 heterocycles. The van der Waals surface area contributed by atoms with Crippen molar-refractivity contribution < 1.29 is 8.42 Å². The Morgan fingerprint density at radius 1 is 1.47 bits per heavy atom. The van der Waals surface area contributed by atoms with Crippen LogP contribution in [0.3, 0.4) is 0 Å². The van der Waals surface area contributed by atoms with Gasteiger partial charge < -0.3 is 5.32 Å². The van der Waals surface area contributed by atoms with Gasteiger partial charge in [0.15, 0.2) is 4.21 Å². The molecule has 17 heavy (non-hydrogen) atoms. The topological polar surface area (TPSA) is 82.3 Å². The molecule has 0 unspecified atom stereocenters. The van der Waals surface area contributed by atoms with Gasteiger partial charge in [0.05, 0.1) is 5.69 Å². The maximum Gasteiger partial charge on any atom is 0.295 e. The molecule has 0 amide bonds. The number of nitrogens with one attached hydrogen (secondary N) is 1. The number of anilines is 1. The van der Waals surface area contributed by atoms with E-state index in [9.17, 15) is 8.42 Å². The summed E-state index contributed by atoms with van der Waals surface area (Å²) in [6, 6.07) is 2.00. The van der Waals surface area contributed by atoms with Crippen molar-refractivity contribution in [2.24, 2.45) is 10.3 Å². The summed E-state index contributed by atoms with van der Waals surface area (Å²) in [7, 11) is -3.66. The summed E-state index contributed by atoms with van der Waals surface area (Å²) in [6.45, 7) is 5.46. The van der Waals surface area contributed by atoms with Crippen molar-refractivity contribution in [2.75, 3.05) is 5.32 Å². The molecule has 0 aromatic carbocycles. The summed E-state index contributed by atoms with van der Waals surface area (Å²) in [5.74, 6) is 0.408. The van der Waals surface area contributed by atoms with Gasteiger partial charge in [0.1, 0.15) is 16.8 Å². The van der Waals surface area contributed by atoms with E-state index in [0.29, 0.717) is 22.0 Å². The Hall–Kier alpha value is -1.39. The van der Waals surface area contributed by atoms with Gasteiger partial charge in [-0.2, -0.15) is 13.7 Å². The molecule has 0 atom stereocenters. The van der Waals surface area contributed by atoms with Crippen LogP contribution in [0.25, 0.3) is 0 Å². The van der Waals surface area contributed by atoms with E-state index in [-0.39, 0.29) is 10.1 Å². The van der Waals surface area contributed by atoms with Crippen LogP contribution in [0.5, 0.6) is 0 Å². The summed E-state index contributed by atoms with van der Waals surface area (Å²) in [5, 5.41) is 11.9. The fourth-order valence-electron chi connectivity index (χ4n) is 1.49. The number of nitriles is 1. The first kappa shape index (κ1) is 12.1. The summed E-state index contributed by atoms with van der Waals surface area (Å²) in [6.07, 6.45) is 0. The second-order valence-corrected chi connectivity index (χ2v) is 6.88. The van der Waals surface area contributed by atoms with Gasteiger partial charge in [-0.3, -0.25) is 0 Å². The lowest BCUT2D eigenvalue weighted by Crippen LogP contribution is -2.25. The lowest BCUT2D eigenvalue weighted by atomic mass is 10.2. The SMILES string of the molecule is Cc1c(C#N)sc2c1NC(C(C)C)=NS2(=O)=O. The monoisotopic (exact) mass is 269 g/mol. The van der Waals surface area contributed by atoms with E-state index in [1.807, 2.05) is 19.9 Å². The van der Waals surface area contributed by atoms with E-state index in [1.165, 1.54) is 0 Å². The average Bonchev–Trinajstić information content (AvgIpc) is 2.56. The van der Waals surface area contributed by atoms with Gasteiger partial charge in [-0.25, -0.2) is 0 Å². The Morgan fingerprint density at radius 2 is 2.12 bits per heavy atom. The number of hydrogen-bond acceptors (Lipinski definition) is 5. The van der Waals surface area contributed by atoms with Crippen LogP contribution in [0.4, 0.5) is 5.69 Å². The summed E-state index contributed by atoms with van der Waals surface area (Å²) >= 11 is 0.964. The molecule has 90 valence electrons. The lowest BCUT2D eigenvalue weighted by molar-refractivity contribution is 0.599. The largest absolute Gasteiger partial charge is 0.341 e. The number of hydrogen-bond donors (Lipinski definition) is 1. The maximum absolute atomic E-state index is 11.9. The van der Waals surface area contributed by atoms with Gasteiger partial charge in [-0.05, 0) is 6.92 Å². The average molecular weight is 269 g/mol. The van der Waals surface area contributed by atoms with Crippen LogP contribution in [0.1, 0.15) is 24.3 Å². The van der Waals surface area contributed by atoms with Crippen LogP contribution in [-0.2, 0) is 10.0 Å². The predicted octanol–water partition coefficient (Wildman–Crippen LogP) is 2.10. The van der Waals surface area contributed by atoms with Gasteiger partial charge in [-0.15, -0.1) is 15.7 Å². The number of rotatable bonds is 1. The second-order valence-electron chi connectivity index (χ2n) is 4.06. The van der Waals surface area contributed by atoms with E-state index in [1.54, 1.807) is 6.92 Å². The highest BCUT2D eigenvalue weighted by atomic mass is 32.2. The van der Waals surface area contributed by atoms with Crippen LogP contribution >= 0.6 is 11.3 Å². The summed E-state index contributed by atoms with van der Waals surface area (Å²) < 4.78 is 27.7. The molecule has 0 radical (unpaired) electrons. The fraction of sp³-hybridized carbons (Fsp3) is 0.400. The summed E-state index contributed by atoms with van der Waals surface area (Å²) in [4.78, 5) is 0.409. The van der Waals surface area contributed by atoms with Crippen molar-refractivity contribution in [2.45, 2.75) is 25.0 Å². The molecular weight excluding hydrogens is 258 g/mol. The molecule has 1 aromatic rings. The van der Waals surface area contributed by atoms with E-state index < -0.39 is 10.0 Å². The Kier molecular flexibility index (Phi) is 2.72. The molecule has 7 heteroatoms. The lowest BCUT2D eigenvalue weighted by Gasteiger charge is -2.18. The number of fused-ring (bicyclic) bond motifs is 1. The van der Waals surface area contributed by atoms with Crippen molar-refractivity contribution in [1.29, 1.82) is 5.26 Å². The third-order valence-electron chi connectivity index (χ3n) is 2.47. The Labute approximate surface area is 104 Å². The van der Waals surface area contributed by atoms with E-state index in [0.717, 1.165) is 11.3 Å². The van der Waals surface area contributed by atoms with Gasteiger partial charge in [-0.1, -0.05) is 13.8 Å². The van der Waals surface area contributed by atoms with Crippen molar-refractivity contribution >= 4 is 32.9 Å². The molecule has 0 fully saturated rings. The highest BCUT2D eigenvalue weighted by Gasteiger charge is 2.31. The molecule has 0 saturated heterocycles. The molecule has 0 aliphatic carbocycles. The van der Waals surface area contributed by atoms with Crippen molar-refractivity contribution in [3.05, 3.63) is 10.4 Å². The van der Waals surface area contributed by atoms with Gasteiger partial charge in [0.25, 0.3) is 10.0 Å². The molecular formula is C10H11N3O2S2. The number of nitrogens with zero attached hydrogens (tertiary/aromatic N) is 2. The molecule has 1 aliphatic heterocycles. The minimum absolute atomic E-state index is 0.0113. The normalized spacial score (nSPS) is 17.0. The molecule has 0 bridgehead atoms. The van der Waals surface area contributed by atoms with E-state index >= 15 is 0 Å². The van der Waals surface area contributed by atoms with Crippen LogP contribution in [0, 0.1) is 24.2 Å². The minimum atomic E-state index is -3.66. The zero-order valence-corrected chi connectivity index (χ0v) is 11.2.